The van der Waals surface area contributed by atoms with Gasteiger partial charge in [-0.05, 0) is 23.6 Å². The molecule has 0 fully saturated rings. The van der Waals surface area contributed by atoms with E-state index in [1.54, 1.807) is 0 Å². The molecule has 1 aromatic carbocycles. The summed E-state index contributed by atoms with van der Waals surface area (Å²) < 4.78 is 14.8. The Hall–Kier alpha value is -1.66. The molecule has 3 rings (SSSR count). The number of hydrogen-bond donors (Lipinski definition) is 1. The van der Waals surface area contributed by atoms with Gasteiger partial charge in [0.25, 0.3) is 11.7 Å². The molecule has 1 N–H and O–H groups in total. The number of nitrogens with one attached hydrogen (secondary N) is 1. The van der Waals surface area contributed by atoms with Gasteiger partial charge in [0, 0.05) is 0 Å². The van der Waals surface area contributed by atoms with E-state index in [0.29, 0.717) is 10.6 Å². The van der Waals surface area contributed by atoms with Crippen LogP contribution < -0.4 is 5.32 Å². The molecule has 0 aliphatic carbocycles. The first kappa shape index (κ1) is 11.4. The Balaban J connectivity index is 2.01. The van der Waals surface area contributed by atoms with Crippen molar-refractivity contribution in [3.63, 3.8) is 0 Å². The third-order valence-corrected chi connectivity index (χ3v) is 4.55. The summed E-state index contributed by atoms with van der Waals surface area (Å²) in [5.41, 5.74) is 0.485. The van der Waals surface area contributed by atoms with E-state index in [-0.39, 0.29) is 5.56 Å². The van der Waals surface area contributed by atoms with Crippen molar-refractivity contribution < 1.29 is 14.0 Å². The molecule has 1 aliphatic rings. The number of ketones is 1. The Morgan fingerprint density at radius 1 is 1.28 bits per heavy atom. The van der Waals surface area contributed by atoms with Gasteiger partial charge in [0.1, 0.15) is 5.82 Å². The second kappa shape index (κ2) is 4.22. The fourth-order valence-corrected chi connectivity index (χ4v) is 3.43. The molecule has 0 unspecified atom stereocenters. The van der Waals surface area contributed by atoms with Crippen LogP contribution in [0.5, 0.6) is 0 Å². The van der Waals surface area contributed by atoms with Gasteiger partial charge in [-0.1, -0.05) is 17.8 Å². The van der Waals surface area contributed by atoms with Crippen LogP contribution in [0.2, 0.25) is 0 Å². The summed E-state index contributed by atoms with van der Waals surface area (Å²) in [5.74, 6) is -1.88. The fourth-order valence-electron chi connectivity index (χ4n) is 1.65. The number of rotatable bonds is 2. The molecule has 0 bridgehead atoms. The van der Waals surface area contributed by atoms with Gasteiger partial charge in [0.15, 0.2) is 0 Å². The lowest BCUT2D eigenvalue weighted by Crippen LogP contribution is -2.12. The van der Waals surface area contributed by atoms with E-state index in [1.807, 2.05) is 17.5 Å². The van der Waals surface area contributed by atoms with Crippen molar-refractivity contribution in [3.05, 3.63) is 41.0 Å². The van der Waals surface area contributed by atoms with Crippen LogP contribution in [-0.2, 0) is 4.79 Å². The lowest BCUT2D eigenvalue weighted by Gasteiger charge is -2.04. The summed E-state index contributed by atoms with van der Waals surface area (Å²) in [6, 6.07) is 6.37. The van der Waals surface area contributed by atoms with Gasteiger partial charge in [-0.25, -0.2) is 4.39 Å². The molecule has 1 amide bonds. The average molecular weight is 279 g/mol. The number of amides is 1. The van der Waals surface area contributed by atoms with Crippen molar-refractivity contribution in [1.82, 2.24) is 0 Å². The van der Waals surface area contributed by atoms with Crippen LogP contribution in [0.15, 0.2) is 38.8 Å². The van der Waals surface area contributed by atoms with E-state index in [0.717, 1.165) is 10.3 Å². The first-order valence-corrected chi connectivity index (χ1v) is 6.75. The zero-order valence-electron chi connectivity index (χ0n) is 8.90. The van der Waals surface area contributed by atoms with Crippen molar-refractivity contribution in [1.29, 1.82) is 0 Å². The van der Waals surface area contributed by atoms with Gasteiger partial charge in [-0.15, -0.1) is 11.3 Å². The van der Waals surface area contributed by atoms with Gasteiger partial charge in [-0.3, -0.25) is 9.59 Å². The molecule has 3 nitrogen and oxygen atoms in total. The Bertz CT molecular complexity index is 652. The molecule has 0 saturated carbocycles. The Morgan fingerprint density at radius 3 is 2.83 bits per heavy atom. The summed E-state index contributed by atoms with van der Waals surface area (Å²) >= 11 is 2.77. The van der Waals surface area contributed by atoms with Gasteiger partial charge < -0.3 is 5.32 Å². The van der Waals surface area contributed by atoms with Gasteiger partial charge >= 0.3 is 0 Å². The van der Waals surface area contributed by atoms with Crippen molar-refractivity contribution in [2.45, 2.75) is 9.10 Å². The van der Waals surface area contributed by atoms with Crippen LogP contribution in [-0.4, -0.2) is 11.7 Å². The minimum atomic E-state index is -0.706. The van der Waals surface area contributed by atoms with Crippen LogP contribution in [0, 0.1) is 5.82 Å². The molecule has 2 heterocycles. The quantitative estimate of drug-likeness (QED) is 0.859. The average Bonchev–Trinajstić information content (AvgIpc) is 2.92. The molecule has 1 aromatic heterocycles. The molecule has 18 heavy (non-hydrogen) atoms. The molecule has 0 radical (unpaired) electrons. The van der Waals surface area contributed by atoms with Crippen molar-refractivity contribution >= 4 is 40.5 Å². The number of halogens is 1. The number of fused-ring (bicyclic) bond motifs is 1. The minimum Gasteiger partial charge on any atom is -0.318 e. The molecule has 6 heteroatoms. The SMILES string of the molecule is O=C1Nc2cc(Sc3cccs3)c(F)cc2C1=O. The van der Waals surface area contributed by atoms with Crippen LogP contribution in [0.3, 0.4) is 0 Å². The molecule has 90 valence electrons. The van der Waals surface area contributed by atoms with E-state index in [4.69, 9.17) is 0 Å². The number of carbonyl (C=O) groups is 2. The van der Waals surface area contributed by atoms with Crippen molar-refractivity contribution in [2.24, 2.45) is 0 Å². The standard InChI is InChI=1S/C12H6FNO2S2/c13-7-4-6-8(14-12(16)11(6)15)5-9(7)18-10-2-1-3-17-10/h1-5H,(H,14,15,16). The molecular formula is C12H6FNO2S2. The number of hydrogen-bond acceptors (Lipinski definition) is 4. The fraction of sp³-hybridized carbons (Fsp3) is 0. The van der Waals surface area contributed by atoms with Crippen LogP contribution in [0.4, 0.5) is 10.1 Å². The number of anilines is 1. The van der Waals surface area contributed by atoms with E-state index in [2.05, 4.69) is 5.32 Å². The monoisotopic (exact) mass is 279 g/mol. The highest BCUT2D eigenvalue weighted by atomic mass is 32.2. The third-order valence-electron chi connectivity index (χ3n) is 2.48. The van der Waals surface area contributed by atoms with E-state index < -0.39 is 17.5 Å². The largest absolute Gasteiger partial charge is 0.318 e. The number of carbonyl (C=O) groups excluding carboxylic acids is 2. The predicted octanol–water partition coefficient (Wildman–Crippen LogP) is 3.17. The second-order valence-corrected chi connectivity index (χ2v) is 5.94. The normalized spacial score (nSPS) is 13.6. The lowest BCUT2D eigenvalue weighted by atomic mass is 10.1. The summed E-state index contributed by atoms with van der Waals surface area (Å²) in [6.45, 7) is 0. The maximum atomic E-state index is 13.8. The van der Waals surface area contributed by atoms with Crippen LogP contribution in [0.1, 0.15) is 10.4 Å². The molecule has 0 saturated heterocycles. The third kappa shape index (κ3) is 1.83. The summed E-state index contributed by atoms with van der Waals surface area (Å²) in [5, 5.41) is 4.33. The number of benzene rings is 1. The number of Topliss-reactive ketones (excluding diaryl/α,β-unsaturated/α-hetero) is 1. The van der Waals surface area contributed by atoms with E-state index >= 15 is 0 Å². The minimum absolute atomic E-state index is 0.105. The maximum Gasteiger partial charge on any atom is 0.296 e. The van der Waals surface area contributed by atoms with Gasteiger partial charge in [0.05, 0.1) is 20.4 Å². The van der Waals surface area contributed by atoms with Crippen LogP contribution in [0.25, 0.3) is 0 Å². The van der Waals surface area contributed by atoms with E-state index in [1.165, 1.54) is 29.2 Å². The maximum absolute atomic E-state index is 13.8. The Morgan fingerprint density at radius 2 is 2.11 bits per heavy atom. The zero-order valence-corrected chi connectivity index (χ0v) is 10.5. The zero-order chi connectivity index (χ0) is 12.7. The Kier molecular flexibility index (Phi) is 2.68. The van der Waals surface area contributed by atoms with Gasteiger partial charge in [-0.2, -0.15) is 0 Å². The molecular weight excluding hydrogens is 273 g/mol. The summed E-state index contributed by atoms with van der Waals surface area (Å²) in [4.78, 5) is 23.0. The topological polar surface area (TPSA) is 46.2 Å². The van der Waals surface area contributed by atoms with Gasteiger partial charge in [0.2, 0.25) is 0 Å². The highest BCUT2D eigenvalue weighted by Crippen LogP contribution is 2.37. The highest BCUT2D eigenvalue weighted by Gasteiger charge is 2.29. The molecule has 2 aromatic rings. The first-order valence-electron chi connectivity index (χ1n) is 5.06. The molecule has 0 spiro atoms. The van der Waals surface area contributed by atoms with Crippen LogP contribution >= 0.6 is 23.1 Å². The summed E-state index contributed by atoms with van der Waals surface area (Å²) in [6.07, 6.45) is 0. The summed E-state index contributed by atoms with van der Waals surface area (Å²) in [7, 11) is 0. The second-order valence-electron chi connectivity index (χ2n) is 3.65. The first-order chi connectivity index (χ1) is 8.65. The Labute approximate surface area is 110 Å². The van der Waals surface area contributed by atoms with E-state index in [9.17, 15) is 14.0 Å². The molecule has 1 aliphatic heterocycles. The predicted molar refractivity (Wildman–Crippen MR) is 67.8 cm³/mol. The van der Waals surface area contributed by atoms with Crippen molar-refractivity contribution in [2.75, 3.05) is 5.32 Å². The number of thiophene rings is 1. The van der Waals surface area contributed by atoms with Crippen molar-refractivity contribution in [3.8, 4) is 0 Å². The lowest BCUT2D eigenvalue weighted by molar-refractivity contribution is -0.112. The smallest absolute Gasteiger partial charge is 0.296 e. The molecule has 0 atom stereocenters. The highest BCUT2D eigenvalue weighted by molar-refractivity contribution is 8.01.